The van der Waals surface area contributed by atoms with Crippen molar-refractivity contribution in [2.24, 2.45) is 0 Å². The van der Waals surface area contributed by atoms with Crippen molar-refractivity contribution in [3.63, 3.8) is 0 Å². The third kappa shape index (κ3) is 17.1. The summed E-state index contributed by atoms with van der Waals surface area (Å²) in [7, 11) is 0. The second-order valence-corrected chi connectivity index (χ2v) is 6.01. The van der Waals surface area contributed by atoms with Gasteiger partial charge in [0.2, 0.25) is 0 Å². The first-order chi connectivity index (χ1) is 13.5. The first kappa shape index (κ1) is 25.6. The molecule has 8 heteroatoms. The van der Waals surface area contributed by atoms with Crippen molar-refractivity contribution < 1.29 is 38.1 Å². The Bertz CT molecular complexity index is 487. The summed E-state index contributed by atoms with van der Waals surface area (Å²) in [5.74, 6) is -1.35. The summed E-state index contributed by atoms with van der Waals surface area (Å²) in [6, 6.07) is 0. The molecule has 0 rings (SSSR count). The SMILES string of the molecule is C=CC(=O)OCCOC(=O)CCCCCOC(=O)CCCCCOC(=O)CC. The van der Waals surface area contributed by atoms with Gasteiger partial charge >= 0.3 is 23.9 Å². The lowest BCUT2D eigenvalue weighted by Crippen LogP contribution is -2.12. The molecule has 0 N–H and O–H groups in total. The molecule has 0 radical (unpaired) electrons. The van der Waals surface area contributed by atoms with E-state index in [1.807, 2.05) is 0 Å². The second kappa shape index (κ2) is 18.0. The highest BCUT2D eigenvalue weighted by Gasteiger charge is 2.05. The summed E-state index contributed by atoms with van der Waals surface area (Å²) in [4.78, 5) is 44.7. The van der Waals surface area contributed by atoms with Gasteiger partial charge in [0.15, 0.2) is 0 Å². The van der Waals surface area contributed by atoms with Crippen LogP contribution in [0.4, 0.5) is 0 Å². The van der Waals surface area contributed by atoms with Gasteiger partial charge in [-0.2, -0.15) is 0 Å². The Hall–Kier alpha value is -2.38. The molecule has 0 aromatic carbocycles. The Morgan fingerprint density at radius 1 is 0.643 bits per heavy atom. The Labute approximate surface area is 166 Å². The number of esters is 4. The normalized spacial score (nSPS) is 10.0. The molecule has 0 bridgehead atoms. The van der Waals surface area contributed by atoms with Gasteiger partial charge in [0.25, 0.3) is 0 Å². The van der Waals surface area contributed by atoms with Crippen LogP contribution < -0.4 is 0 Å². The molecular weight excluding hydrogens is 368 g/mol. The first-order valence-corrected chi connectivity index (χ1v) is 9.75. The molecule has 0 atom stereocenters. The summed E-state index contributed by atoms with van der Waals surface area (Å²) in [6.07, 6.45) is 6.36. The van der Waals surface area contributed by atoms with E-state index in [4.69, 9.17) is 14.2 Å². The molecule has 0 aliphatic heterocycles. The molecule has 0 aliphatic rings. The van der Waals surface area contributed by atoms with Crippen LogP contribution in [0, 0.1) is 0 Å². The highest BCUT2D eigenvalue weighted by atomic mass is 16.6. The topological polar surface area (TPSA) is 105 Å². The maximum atomic E-state index is 11.6. The zero-order valence-corrected chi connectivity index (χ0v) is 16.7. The van der Waals surface area contributed by atoms with Crippen LogP contribution in [0.2, 0.25) is 0 Å². The number of ether oxygens (including phenoxy) is 4. The van der Waals surface area contributed by atoms with Gasteiger partial charge in [-0.25, -0.2) is 4.79 Å². The fraction of sp³-hybridized carbons (Fsp3) is 0.700. The Morgan fingerprint density at radius 2 is 1.11 bits per heavy atom. The molecule has 0 amide bonds. The molecule has 0 saturated heterocycles. The lowest BCUT2D eigenvalue weighted by atomic mass is 10.2. The van der Waals surface area contributed by atoms with Crippen molar-refractivity contribution >= 4 is 23.9 Å². The van der Waals surface area contributed by atoms with Crippen molar-refractivity contribution in [3.05, 3.63) is 12.7 Å². The summed E-state index contributed by atoms with van der Waals surface area (Å²) in [5, 5.41) is 0. The van der Waals surface area contributed by atoms with Crippen molar-refractivity contribution in [1.82, 2.24) is 0 Å². The van der Waals surface area contributed by atoms with Gasteiger partial charge in [-0.1, -0.05) is 13.5 Å². The highest BCUT2D eigenvalue weighted by Crippen LogP contribution is 2.05. The van der Waals surface area contributed by atoms with Gasteiger partial charge in [0.1, 0.15) is 13.2 Å². The fourth-order valence-electron chi connectivity index (χ4n) is 2.07. The van der Waals surface area contributed by atoms with Gasteiger partial charge < -0.3 is 18.9 Å². The number of unbranched alkanes of at least 4 members (excludes halogenated alkanes) is 4. The van der Waals surface area contributed by atoms with Crippen molar-refractivity contribution in [2.75, 3.05) is 26.4 Å². The summed E-state index contributed by atoms with van der Waals surface area (Å²) < 4.78 is 19.7. The Morgan fingerprint density at radius 3 is 1.61 bits per heavy atom. The van der Waals surface area contributed by atoms with E-state index in [-0.39, 0.29) is 37.5 Å². The van der Waals surface area contributed by atoms with Crippen LogP contribution in [0.1, 0.15) is 64.7 Å². The van der Waals surface area contributed by atoms with Crippen LogP contribution >= 0.6 is 0 Å². The molecule has 0 aliphatic carbocycles. The first-order valence-electron chi connectivity index (χ1n) is 9.75. The molecule has 28 heavy (non-hydrogen) atoms. The van der Waals surface area contributed by atoms with Gasteiger partial charge in [-0.15, -0.1) is 0 Å². The van der Waals surface area contributed by atoms with Gasteiger partial charge in [-0.3, -0.25) is 14.4 Å². The van der Waals surface area contributed by atoms with Crippen LogP contribution in [0.5, 0.6) is 0 Å². The minimum absolute atomic E-state index is 0.0104. The largest absolute Gasteiger partial charge is 0.466 e. The maximum Gasteiger partial charge on any atom is 0.330 e. The number of carbonyl (C=O) groups is 4. The number of rotatable bonds is 17. The van der Waals surface area contributed by atoms with Crippen LogP contribution in [0.15, 0.2) is 12.7 Å². The lowest BCUT2D eigenvalue weighted by molar-refractivity contribution is -0.149. The molecule has 0 aromatic heterocycles. The molecule has 8 nitrogen and oxygen atoms in total. The molecular formula is C20H32O8. The molecule has 0 spiro atoms. The quantitative estimate of drug-likeness (QED) is 0.159. The zero-order valence-electron chi connectivity index (χ0n) is 16.7. The van der Waals surface area contributed by atoms with Crippen LogP contribution in [-0.4, -0.2) is 50.3 Å². The van der Waals surface area contributed by atoms with E-state index >= 15 is 0 Å². The molecule has 0 heterocycles. The van der Waals surface area contributed by atoms with E-state index in [2.05, 4.69) is 11.3 Å². The van der Waals surface area contributed by atoms with Gasteiger partial charge in [0, 0.05) is 25.3 Å². The average molecular weight is 400 g/mol. The monoisotopic (exact) mass is 400 g/mol. The lowest BCUT2D eigenvalue weighted by Gasteiger charge is -2.06. The third-order valence-corrected chi connectivity index (χ3v) is 3.62. The maximum absolute atomic E-state index is 11.6. The van der Waals surface area contributed by atoms with E-state index in [0.717, 1.165) is 25.3 Å². The summed E-state index contributed by atoms with van der Waals surface area (Å²) >= 11 is 0. The van der Waals surface area contributed by atoms with Crippen molar-refractivity contribution in [2.45, 2.75) is 64.7 Å². The number of carbonyl (C=O) groups excluding carboxylic acids is 4. The minimum atomic E-state index is -0.553. The van der Waals surface area contributed by atoms with Crippen LogP contribution in [0.25, 0.3) is 0 Å². The number of hydrogen-bond acceptors (Lipinski definition) is 8. The van der Waals surface area contributed by atoms with E-state index < -0.39 is 5.97 Å². The van der Waals surface area contributed by atoms with Crippen molar-refractivity contribution in [3.8, 4) is 0 Å². The summed E-state index contributed by atoms with van der Waals surface area (Å²) in [5.41, 5.74) is 0. The standard InChI is InChI=1S/C20H32O8/c1-3-17(21)25-13-9-5-7-11-19(23)26-14-10-6-8-12-20(24)28-16-15-27-18(22)4-2/h4H,2-3,5-16H2,1H3. The predicted octanol–water partition coefficient (Wildman–Crippen LogP) is 2.88. The van der Waals surface area contributed by atoms with E-state index in [0.29, 0.717) is 45.3 Å². The molecule has 160 valence electrons. The zero-order chi connectivity index (χ0) is 21.0. The third-order valence-electron chi connectivity index (χ3n) is 3.62. The van der Waals surface area contributed by atoms with Crippen molar-refractivity contribution in [1.29, 1.82) is 0 Å². The van der Waals surface area contributed by atoms with Crippen LogP contribution in [0.3, 0.4) is 0 Å². The average Bonchev–Trinajstić information content (AvgIpc) is 2.69. The highest BCUT2D eigenvalue weighted by molar-refractivity contribution is 5.81. The second-order valence-electron chi connectivity index (χ2n) is 6.01. The van der Waals surface area contributed by atoms with E-state index in [1.165, 1.54) is 0 Å². The predicted molar refractivity (Wildman–Crippen MR) is 101 cm³/mol. The van der Waals surface area contributed by atoms with Gasteiger partial charge in [0.05, 0.1) is 13.2 Å². The Balaban J connectivity index is 3.39. The Kier molecular flexibility index (Phi) is 16.5. The molecule has 0 unspecified atom stereocenters. The fourth-order valence-corrected chi connectivity index (χ4v) is 2.07. The van der Waals surface area contributed by atoms with E-state index in [1.54, 1.807) is 6.92 Å². The van der Waals surface area contributed by atoms with Gasteiger partial charge in [-0.05, 0) is 38.5 Å². The smallest absolute Gasteiger partial charge is 0.330 e. The number of hydrogen-bond donors (Lipinski definition) is 0. The van der Waals surface area contributed by atoms with E-state index in [9.17, 15) is 19.2 Å². The molecule has 0 aromatic rings. The minimum Gasteiger partial charge on any atom is -0.466 e. The van der Waals surface area contributed by atoms with Crippen LogP contribution in [-0.2, 0) is 38.1 Å². The summed E-state index contributed by atoms with van der Waals surface area (Å²) in [6.45, 7) is 5.76. The molecule has 0 fully saturated rings. The molecule has 0 saturated carbocycles.